The van der Waals surface area contributed by atoms with Gasteiger partial charge in [0.05, 0.1) is 10.4 Å². The first kappa shape index (κ1) is 19.2. The molecule has 0 atom stereocenters. The largest absolute Gasteiger partial charge is 0.369 e. The van der Waals surface area contributed by atoms with Crippen LogP contribution in [0.3, 0.4) is 0 Å². The summed E-state index contributed by atoms with van der Waals surface area (Å²) < 4.78 is 54.4. The van der Waals surface area contributed by atoms with Gasteiger partial charge in [-0.25, -0.2) is 21.2 Å². The Balaban J connectivity index is 1.86. The number of anilines is 1. The van der Waals surface area contributed by atoms with Crippen molar-refractivity contribution in [2.24, 2.45) is 0 Å². The highest BCUT2D eigenvalue weighted by Gasteiger charge is 2.25. The van der Waals surface area contributed by atoms with E-state index in [1.54, 1.807) is 18.2 Å². The second-order valence-electron chi connectivity index (χ2n) is 6.58. The van der Waals surface area contributed by atoms with Crippen LogP contribution < -0.4 is 10.2 Å². The second kappa shape index (κ2) is 7.35. The first-order chi connectivity index (χ1) is 13.4. The quantitative estimate of drug-likeness (QED) is 0.689. The third-order valence-electron chi connectivity index (χ3n) is 4.87. The van der Waals surface area contributed by atoms with Crippen molar-refractivity contribution in [2.75, 3.05) is 31.1 Å². The predicted octanol–water partition coefficient (Wildman–Crippen LogP) is 3.88. The molecule has 4 rings (SSSR count). The van der Waals surface area contributed by atoms with Gasteiger partial charge in [-0.1, -0.05) is 11.6 Å². The second-order valence-corrected chi connectivity index (χ2v) is 8.83. The van der Waals surface area contributed by atoms with Gasteiger partial charge in [-0.15, -0.1) is 0 Å². The van der Waals surface area contributed by atoms with E-state index in [2.05, 4.69) is 10.2 Å². The van der Waals surface area contributed by atoms with Crippen LogP contribution in [0.25, 0.3) is 10.9 Å². The van der Waals surface area contributed by atoms with E-state index in [-0.39, 0.29) is 21.4 Å². The van der Waals surface area contributed by atoms with Crippen molar-refractivity contribution in [3.63, 3.8) is 0 Å². The number of aromatic nitrogens is 1. The first-order valence-electron chi connectivity index (χ1n) is 8.78. The van der Waals surface area contributed by atoms with Crippen molar-refractivity contribution < 1.29 is 17.2 Å². The number of nitrogens with zero attached hydrogens (tertiary/aromatic N) is 2. The molecule has 2 heterocycles. The average molecular weight is 426 g/mol. The molecule has 0 bridgehead atoms. The fourth-order valence-corrected chi connectivity index (χ4v) is 4.93. The van der Waals surface area contributed by atoms with E-state index >= 15 is 0 Å². The third-order valence-corrected chi connectivity index (χ3v) is 6.81. The number of hydrogen-bond donors (Lipinski definition) is 1. The monoisotopic (exact) mass is 425 g/mol. The van der Waals surface area contributed by atoms with Crippen LogP contribution in [-0.2, 0) is 10.0 Å². The van der Waals surface area contributed by atoms with Gasteiger partial charge in [0.25, 0.3) is 16.4 Å². The molecule has 3 aromatic rings. The lowest BCUT2D eigenvalue weighted by Crippen LogP contribution is -2.43. The molecular formula is C19H18ClF2N3O2S. The number of alkyl halides is 2. The van der Waals surface area contributed by atoms with Crippen LogP contribution in [0.5, 0.6) is 0 Å². The summed E-state index contributed by atoms with van der Waals surface area (Å²) in [4.78, 5) is 2.08. The van der Waals surface area contributed by atoms with Crippen LogP contribution in [0.15, 0.2) is 53.6 Å². The summed E-state index contributed by atoms with van der Waals surface area (Å²) in [6.45, 7) is 3.15. The van der Waals surface area contributed by atoms with Gasteiger partial charge >= 0.3 is 0 Å². The smallest absolute Gasteiger partial charge is 0.268 e. The number of piperazine rings is 1. The minimum atomic E-state index is -4.03. The zero-order valence-corrected chi connectivity index (χ0v) is 16.4. The summed E-state index contributed by atoms with van der Waals surface area (Å²) in [5.74, 6) is 0. The molecule has 0 radical (unpaired) electrons. The topological polar surface area (TPSA) is 54.3 Å². The lowest BCUT2D eigenvalue weighted by Gasteiger charge is -2.29. The molecule has 1 aliphatic heterocycles. The molecular weight excluding hydrogens is 408 g/mol. The van der Waals surface area contributed by atoms with Gasteiger partial charge in [0.1, 0.15) is 0 Å². The minimum absolute atomic E-state index is 0.0132. The SMILES string of the molecule is O=S(=O)(c1ccc(Cl)cc1)n1cc(C(F)F)c2cc(N3CCNCC3)ccc21. The Bertz CT molecular complexity index is 1110. The number of hydrogen-bond acceptors (Lipinski definition) is 4. The Morgan fingerprint density at radius 2 is 1.71 bits per heavy atom. The molecule has 2 aromatic carbocycles. The van der Waals surface area contributed by atoms with E-state index in [0.29, 0.717) is 5.02 Å². The summed E-state index contributed by atoms with van der Waals surface area (Å²) in [5.41, 5.74) is 0.728. The number of rotatable bonds is 4. The fourth-order valence-electron chi connectivity index (χ4n) is 3.43. The van der Waals surface area contributed by atoms with Gasteiger partial charge < -0.3 is 10.2 Å². The van der Waals surface area contributed by atoms with E-state index in [1.165, 1.54) is 24.3 Å². The zero-order chi connectivity index (χ0) is 19.9. The van der Waals surface area contributed by atoms with Gasteiger partial charge in [-0.3, -0.25) is 0 Å². The van der Waals surface area contributed by atoms with Gasteiger partial charge in [0.15, 0.2) is 0 Å². The average Bonchev–Trinajstić information content (AvgIpc) is 3.09. The molecule has 9 heteroatoms. The minimum Gasteiger partial charge on any atom is -0.369 e. The summed E-state index contributed by atoms with van der Waals surface area (Å²) >= 11 is 5.83. The van der Waals surface area contributed by atoms with Crippen LogP contribution in [0, 0.1) is 0 Å². The summed E-state index contributed by atoms with van der Waals surface area (Å²) in [5, 5.41) is 3.88. The first-order valence-corrected chi connectivity index (χ1v) is 10.6. The van der Waals surface area contributed by atoms with E-state index in [0.717, 1.165) is 42.0 Å². The lowest BCUT2D eigenvalue weighted by atomic mass is 10.1. The summed E-state index contributed by atoms with van der Waals surface area (Å²) in [6.07, 6.45) is -1.77. The highest BCUT2D eigenvalue weighted by atomic mass is 35.5. The summed E-state index contributed by atoms with van der Waals surface area (Å²) in [7, 11) is -4.03. The van der Waals surface area contributed by atoms with E-state index < -0.39 is 16.4 Å². The Kier molecular flexibility index (Phi) is 5.03. The van der Waals surface area contributed by atoms with E-state index in [9.17, 15) is 17.2 Å². The molecule has 0 spiro atoms. The Morgan fingerprint density at radius 3 is 2.36 bits per heavy atom. The van der Waals surface area contributed by atoms with Gasteiger partial charge in [-0.2, -0.15) is 0 Å². The van der Waals surface area contributed by atoms with Gasteiger partial charge in [0.2, 0.25) is 0 Å². The lowest BCUT2D eigenvalue weighted by molar-refractivity contribution is 0.153. The molecule has 1 aliphatic rings. The van der Waals surface area contributed by atoms with Crippen LogP contribution in [-0.4, -0.2) is 38.6 Å². The number of halogens is 3. The fraction of sp³-hybridized carbons (Fsp3) is 0.263. The highest BCUT2D eigenvalue weighted by molar-refractivity contribution is 7.90. The maximum atomic E-state index is 13.7. The van der Waals surface area contributed by atoms with Crippen LogP contribution in [0.4, 0.5) is 14.5 Å². The standard InChI is InChI=1S/C19H18ClF2N3O2S/c20-13-1-4-15(5-2-13)28(26,27)25-12-17(19(21)22)16-11-14(3-6-18(16)25)24-9-7-23-8-10-24/h1-6,11-12,19,23H,7-10H2. The Morgan fingerprint density at radius 1 is 1.04 bits per heavy atom. The molecule has 1 aromatic heterocycles. The van der Waals surface area contributed by atoms with Crippen molar-refractivity contribution in [2.45, 2.75) is 11.3 Å². The molecule has 0 amide bonds. The van der Waals surface area contributed by atoms with E-state index in [1.807, 2.05) is 0 Å². The van der Waals surface area contributed by atoms with Crippen molar-refractivity contribution in [3.8, 4) is 0 Å². The normalized spacial score (nSPS) is 15.5. The molecule has 1 N–H and O–H groups in total. The van der Waals surface area contributed by atoms with Crippen LogP contribution in [0.2, 0.25) is 5.02 Å². The van der Waals surface area contributed by atoms with Crippen molar-refractivity contribution in [1.29, 1.82) is 0 Å². The molecule has 1 fully saturated rings. The number of nitrogens with one attached hydrogen (secondary N) is 1. The molecule has 0 saturated carbocycles. The maximum Gasteiger partial charge on any atom is 0.268 e. The molecule has 28 heavy (non-hydrogen) atoms. The summed E-state index contributed by atoms with van der Waals surface area (Å²) in [6, 6.07) is 10.6. The maximum absolute atomic E-state index is 13.7. The van der Waals surface area contributed by atoms with Crippen LogP contribution >= 0.6 is 11.6 Å². The van der Waals surface area contributed by atoms with E-state index in [4.69, 9.17) is 11.6 Å². The predicted molar refractivity (Wildman–Crippen MR) is 106 cm³/mol. The molecule has 0 unspecified atom stereocenters. The van der Waals surface area contributed by atoms with Gasteiger partial charge in [0, 0.05) is 54.0 Å². The molecule has 1 saturated heterocycles. The Labute approximate surface area is 166 Å². The number of benzene rings is 2. The van der Waals surface area contributed by atoms with Gasteiger partial charge in [-0.05, 0) is 42.5 Å². The third kappa shape index (κ3) is 3.36. The zero-order valence-electron chi connectivity index (χ0n) is 14.8. The highest BCUT2D eigenvalue weighted by Crippen LogP contribution is 2.34. The molecule has 0 aliphatic carbocycles. The number of fused-ring (bicyclic) bond motifs is 1. The van der Waals surface area contributed by atoms with Crippen molar-refractivity contribution >= 4 is 38.2 Å². The Hall–Kier alpha value is -2.16. The van der Waals surface area contributed by atoms with Crippen LogP contribution in [0.1, 0.15) is 12.0 Å². The molecule has 148 valence electrons. The van der Waals surface area contributed by atoms with Crippen molar-refractivity contribution in [1.82, 2.24) is 9.29 Å². The molecule has 5 nitrogen and oxygen atoms in total. The van der Waals surface area contributed by atoms with Crippen molar-refractivity contribution in [3.05, 3.63) is 59.2 Å².